The van der Waals surface area contributed by atoms with E-state index < -0.39 is 11.8 Å². The van der Waals surface area contributed by atoms with Gasteiger partial charge in [-0.15, -0.1) is 0 Å². The van der Waals surface area contributed by atoms with Crippen molar-refractivity contribution in [1.29, 1.82) is 0 Å². The fraction of sp³-hybridized carbons (Fsp3) is 0.200. The lowest BCUT2D eigenvalue weighted by Gasteiger charge is -2.10. The van der Waals surface area contributed by atoms with Crippen LogP contribution in [0.4, 0.5) is 9.18 Å². The van der Waals surface area contributed by atoms with E-state index in [0.717, 1.165) is 29.4 Å². The van der Waals surface area contributed by atoms with Gasteiger partial charge in [-0.1, -0.05) is 23.7 Å². The van der Waals surface area contributed by atoms with Crippen molar-refractivity contribution in [2.45, 2.75) is 31.8 Å². The number of nitrogens with zero attached hydrogens (tertiary/aromatic N) is 7. The Labute approximate surface area is 215 Å². The maximum absolute atomic E-state index is 14.1. The maximum Gasteiger partial charge on any atom is 0.315 e. The van der Waals surface area contributed by atoms with Crippen molar-refractivity contribution in [2.75, 3.05) is 0 Å². The molecular weight excluding hydrogens is 497 g/mol. The monoisotopic (exact) mass is 517 g/mol. The van der Waals surface area contributed by atoms with Crippen LogP contribution >= 0.6 is 11.6 Å². The van der Waals surface area contributed by atoms with Gasteiger partial charge in [0.1, 0.15) is 12.1 Å². The molecule has 1 aliphatic carbocycles. The van der Waals surface area contributed by atoms with E-state index in [-0.39, 0.29) is 18.1 Å². The van der Waals surface area contributed by atoms with E-state index >= 15 is 0 Å². The summed E-state index contributed by atoms with van der Waals surface area (Å²) in [5.41, 5.74) is 2.11. The molecule has 3 aromatic heterocycles. The third-order valence-electron chi connectivity index (χ3n) is 6.05. The number of carbonyl (C=O) groups is 1. The van der Waals surface area contributed by atoms with Crippen LogP contribution in [0.1, 0.15) is 36.2 Å². The molecule has 0 unspecified atom stereocenters. The average Bonchev–Trinajstić information content (AvgIpc) is 3.50. The van der Waals surface area contributed by atoms with Crippen LogP contribution < -0.4 is 10.6 Å². The Bertz CT molecular complexity index is 1610. The number of halogens is 2. The third-order valence-corrected chi connectivity index (χ3v) is 6.35. The molecule has 0 saturated heterocycles. The summed E-state index contributed by atoms with van der Waals surface area (Å²) in [5, 5.41) is 15.5. The van der Waals surface area contributed by atoms with Crippen LogP contribution in [0.15, 0.2) is 61.1 Å². The number of benzene rings is 2. The number of urea groups is 1. The first-order valence-electron chi connectivity index (χ1n) is 11.7. The Hall–Kier alpha value is -4.38. The zero-order valence-electron chi connectivity index (χ0n) is 19.5. The van der Waals surface area contributed by atoms with Crippen LogP contribution in [-0.4, -0.2) is 40.5 Å². The summed E-state index contributed by atoms with van der Waals surface area (Å²) in [6, 6.07) is 13.7. The number of amides is 2. The van der Waals surface area contributed by atoms with Crippen molar-refractivity contribution in [3.8, 4) is 11.4 Å². The van der Waals surface area contributed by atoms with Gasteiger partial charge in [0.25, 0.3) is 0 Å². The Morgan fingerprint density at radius 1 is 1.00 bits per heavy atom. The topological polar surface area (TPSA) is 115 Å². The van der Waals surface area contributed by atoms with Crippen molar-refractivity contribution < 1.29 is 9.18 Å². The largest absolute Gasteiger partial charge is 0.331 e. The van der Waals surface area contributed by atoms with Crippen LogP contribution in [0.5, 0.6) is 0 Å². The lowest BCUT2D eigenvalue weighted by molar-refractivity contribution is 0.239. The molecule has 3 heterocycles. The molecule has 0 radical (unpaired) electrons. The van der Waals surface area contributed by atoms with Gasteiger partial charge >= 0.3 is 6.03 Å². The van der Waals surface area contributed by atoms with Crippen LogP contribution in [0.3, 0.4) is 0 Å². The van der Waals surface area contributed by atoms with Crippen molar-refractivity contribution in [2.24, 2.45) is 0 Å². The molecule has 2 aromatic carbocycles. The summed E-state index contributed by atoms with van der Waals surface area (Å²) in [7, 11) is 0. The normalized spacial score (nSPS) is 13.1. The van der Waals surface area contributed by atoms with E-state index in [4.69, 9.17) is 11.6 Å². The van der Waals surface area contributed by atoms with Gasteiger partial charge in [-0.05, 0) is 43.2 Å². The molecule has 2 amide bonds. The Balaban J connectivity index is 1.13. The molecule has 0 atom stereocenters. The van der Waals surface area contributed by atoms with Crippen LogP contribution in [0.2, 0.25) is 5.02 Å². The van der Waals surface area contributed by atoms with Crippen LogP contribution in [0, 0.1) is 5.82 Å². The van der Waals surface area contributed by atoms with Crippen molar-refractivity contribution in [3.63, 3.8) is 0 Å². The number of hydrogen-bond donors (Lipinski definition) is 2. The van der Waals surface area contributed by atoms with Gasteiger partial charge in [0.05, 0.1) is 35.0 Å². The van der Waals surface area contributed by atoms with E-state index in [1.807, 2.05) is 30.3 Å². The van der Waals surface area contributed by atoms with Gasteiger partial charge in [0, 0.05) is 23.6 Å². The molecule has 0 aliphatic heterocycles. The minimum absolute atomic E-state index is 0.0261. The number of nitrogens with one attached hydrogen (secondary N) is 2. The number of aromatic nitrogens is 7. The highest BCUT2D eigenvalue weighted by molar-refractivity contribution is 6.30. The summed E-state index contributed by atoms with van der Waals surface area (Å²) < 4.78 is 17.3. The van der Waals surface area contributed by atoms with Gasteiger partial charge in [-0.2, -0.15) is 10.2 Å². The minimum atomic E-state index is -0.550. The summed E-state index contributed by atoms with van der Waals surface area (Å²) in [6.07, 6.45) is 5.20. The Morgan fingerprint density at radius 2 is 1.78 bits per heavy atom. The highest BCUT2D eigenvalue weighted by Crippen LogP contribution is 2.38. The Kier molecular flexibility index (Phi) is 5.97. The average molecular weight is 518 g/mol. The number of pyridine rings is 1. The van der Waals surface area contributed by atoms with E-state index in [1.54, 1.807) is 16.9 Å². The zero-order valence-corrected chi connectivity index (χ0v) is 20.2. The molecule has 0 spiro atoms. The van der Waals surface area contributed by atoms with E-state index in [2.05, 4.69) is 35.8 Å². The number of rotatable bonds is 7. The molecule has 2 N–H and O–H groups in total. The number of carbonyl (C=O) groups excluding carboxylic acids is 1. The molecule has 0 bridgehead atoms. The lowest BCUT2D eigenvalue weighted by atomic mass is 10.2. The summed E-state index contributed by atoms with van der Waals surface area (Å²) in [5.74, 6) is 1.48. The van der Waals surface area contributed by atoms with Crippen molar-refractivity contribution in [3.05, 3.63) is 89.4 Å². The predicted octanol–water partition coefficient (Wildman–Crippen LogP) is 4.07. The first-order chi connectivity index (χ1) is 18.0. The molecule has 12 heteroatoms. The molecule has 37 heavy (non-hydrogen) atoms. The quantitative estimate of drug-likeness (QED) is 0.336. The molecule has 6 rings (SSSR count). The first kappa shape index (κ1) is 23.0. The number of fused-ring (bicyclic) bond motifs is 1. The van der Waals surface area contributed by atoms with Gasteiger partial charge < -0.3 is 10.6 Å². The molecule has 1 aliphatic rings. The number of hydrogen-bond acceptors (Lipinski definition) is 6. The van der Waals surface area contributed by atoms with Crippen LogP contribution in [-0.2, 0) is 13.1 Å². The molecule has 186 valence electrons. The van der Waals surface area contributed by atoms with E-state index in [1.165, 1.54) is 23.1 Å². The fourth-order valence-electron chi connectivity index (χ4n) is 3.98. The fourth-order valence-corrected chi connectivity index (χ4v) is 4.10. The van der Waals surface area contributed by atoms with Crippen molar-refractivity contribution in [1.82, 2.24) is 45.1 Å². The second kappa shape index (κ2) is 9.58. The van der Waals surface area contributed by atoms with Gasteiger partial charge in [-0.3, -0.25) is 4.98 Å². The maximum atomic E-state index is 14.1. The van der Waals surface area contributed by atoms with Gasteiger partial charge in [-0.25, -0.2) is 28.5 Å². The molecule has 5 aromatic rings. The molecule has 1 fully saturated rings. The molecular formula is C25H21ClFN9O. The van der Waals surface area contributed by atoms with Gasteiger partial charge in [0.15, 0.2) is 17.5 Å². The van der Waals surface area contributed by atoms with E-state index in [0.29, 0.717) is 29.1 Å². The molecule has 1 saturated carbocycles. The standard InChI is InChI=1S/C25H21ClFN9O/c26-19-8-7-17(10-20(19)27)36-23(33-24(34-36)16-3-4-16)13-30-25(37)29-12-22-31-14-32-35(22)18-6-5-15-2-1-9-28-21(15)11-18/h1-2,5-11,14,16H,3-4,12-13H2,(H2,29,30,37). The predicted molar refractivity (Wildman–Crippen MR) is 134 cm³/mol. The second-order valence-electron chi connectivity index (χ2n) is 8.68. The van der Waals surface area contributed by atoms with Gasteiger partial charge in [0.2, 0.25) is 0 Å². The lowest BCUT2D eigenvalue weighted by Crippen LogP contribution is -2.36. The molecule has 10 nitrogen and oxygen atoms in total. The minimum Gasteiger partial charge on any atom is -0.331 e. The SMILES string of the molecule is O=C(NCc1ncnn1-c1ccc2cccnc2c1)NCc1nc(C2CC2)nn1-c1ccc(Cl)c(F)c1. The highest BCUT2D eigenvalue weighted by atomic mass is 35.5. The highest BCUT2D eigenvalue weighted by Gasteiger charge is 2.29. The summed E-state index contributed by atoms with van der Waals surface area (Å²) in [6.45, 7) is 0.243. The third kappa shape index (κ3) is 4.85. The summed E-state index contributed by atoms with van der Waals surface area (Å²) >= 11 is 5.83. The zero-order chi connectivity index (χ0) is 25.4. The Morgan fingerprint density at radius 3 is 2.59 bits per heavy atom. The summed E-state index contributed by atoms with van der Waals surface area (Å²) in [4.78, 5) is 25.9. The smallest absolute Gasteiger partial charge is 0.315 e. The van der Waals surface area contributed by atoms with Crippen molar-refractivity contribution >= 4 is 28.5 Å². The van der Waals surface area contributed by atoms with E-state index in [9.17, 15) is 9.18 Å². The van der Waals surface area contributed by atoms with Crippen LogP contribution in [0.25, 0.3) is 22.3 Å². The second-order valence-corrected chi connectivity index (χ2v) is 9.08. The first-order valence-corrected chi connectivity index (χ1v) is 12.1.